The van der Waals surface area contributed by atoms with Gasteiger partial charge in [0.25, 0.3) is 0 Å². The van der Waals surface area contributed by atoms with Crippen molar-refractivity contribution in [2.45, 2.75) is 45.6 Å². The van der Waals surface area contributed by atoms with Crippen LogP contribution in [0.1, 0.15) is 39.5 Å². The monoisotopic (exact) mass is 265 g/mol. The van der Waals surface area contributed by atoms with Crippen LogP contribution >= 0.6 is 0 Å². The first-order valence-corrected chi connectivity index (χ1v) is 7.59. The van der Waals surface area contributed by atoms with Gasteiger partial charge in [0.15, 0.2) is 0 Å². The number of hydrogen-bond acceptors (Lipinski definition) is 3. The fourth-order valence-corrected chi connectivity index (χ4v) is 3.11. The summed E-state index contributed by atoms with van der Waals surface area (Å²) in [6, 6.07) is 0.219. The molecule has 1 aliphatic heterocycles. The fraction of sp³-hybridized carbons (Fsp3) is 0.800. The summed E-state index contributed by atoms with van der Waals surface area (Å²) in [6.07, 6.45) is 6.87. The largest absolute Gasteiger partial charge is 0.326 e. The molecular formula is C15H27N3O. The SMILES string of the molecule is CCN(C(=O)CN1CC(C)C(N)C1)C1=CCCCC1. The number of hydrogen-bond donors (Lipinski definition) is 1. The number of carbonyl (C=O) groups is 1. The second kappa shape index (κ2) is 6.53. The Labute approximate surface area is 116 Å². The molecule has 2 atom stereocenters. The first-order chi connectivity index (χ1) is 9.11. The minimum atomic E-state index is 0.219. The minimum absolute atomic E-state index is 0.219. The molecule has 0 spiro atoms. The van der Waals surface area contributed by atoms with E-state index >= 15 is 0 Å². The normalized spacial score (nSPS) is 28.3. The smallest absolute Gasteiger partial charge is 0.240 e. The van der Waals surface area contributed by atoms with Crippen LogP contribution < -0.4 is 5.73 Å². The Morgan fingerprint density at radius 1 is 1.47 bits per heavy atom. The van der Waals surface area contributed by atoms with Gasteiger partial charge in [-0.25, -0.2) is 0 Å². The van der Waals surface area contributed by atoms with Crippen LogP contribution in [0.25, 0.3) is 0 Å². The molecule has 0 radical (unpaired) electrons. The van der Waals surface area contributed by atoms with E-state index in [4.69, 9.17) is 5.73 Å². The molecule has 4 heteroatoms. The molecule has 1 saturated heterocycles. The van der Waals surface area contributed by atoms with Gasteiger partial charge in [-0.3, -0.25) is 9.69 Å². The molecule has 2 N–H and O–H groups in total. The van der Waals surface area contributed by atoms with E-state index in [1.165, 1.54) is 18.5 Å². The third-order valence-electron chi connectivity index (χ3n) is 4.34. The lowest BCUT2D eigenvalue weighted by atomic mass is 10.0. The molecule has 19 heavy (non-hydrogen) atoms. The number of nitrogens with two attached hydrogens (primary N) is 1. The molecule has 0 saturated carbocycles. The van der Waals surface area contributed by atoms with Crippen molar-refractivity contribution in [1.29, 1.82) is 0 Å². The maximum Gasteiger partial charge on any atom is 0.240 e. The Morgan fingerprint density at radius 2 is 2.26 bits per heavy atom. The summed E-state index contributed by atoms with van der Waals surface area (Å²) >= 11 is 0. The van der Waals surface area contributed by atoms with Gasteiger partial charge >= 0.3 is 0 Å². The molecule has 108 valence electrons. The predicted octanol–water partition coefficient (Wildman–Crippen LogP) is 1.57. The maximum absolute atomic E-state index is 12.4. The quantitative estimate of drug-likeness (QED) is 0.839. The molecular weight excluding hydrogens is 238 g/mol. The molecule has 2 aliphatic rings. The molecule has 2 rings (SSSR count). The van der Waals surface area contributed by atoms with E-state index < -0.39 is 0 Å². The number of carbonyl (C=O) groups excluding carboxylic acids is 1. The molecule has 2 unspecified atom stereocenters. The molecule has 1 heterocycles. The summed E-state index contributed by atoms with van der Waals surface area (Å²) in [6.45, 7) is 7.32. The molecule has 0 bridgehead atoms. The number of likely N-dealkylation sites (tertiary alicyclic amines) is 1. The minimum Gasteiger partial charge on any atom is -0.326 e. The summed E-state index contributed by atoms with van der Waals surface area (Å²) in [4.78, 5) is 16.6. The van der Waals surface area contributed by atoms with Gasteiger partial charge in [-0.1, -0.05) is 13.0 Å². The van der Waals surface area contributed by atoms with E-state index in [-0.39, 0.29) is 11.9 Å². The topological polar surface area (TPSA) is 49.6 Å². The van der Waals surface area contributed by atoms with Gasteiger partial charge in [0.1, 0.15) is 0 Å². The average Bonchev–Trinajstić information content (AvgIpc) is 2.70. The zero-order valence-electron chi connectivity index (χ0n) is 12.3. The van der Waals surface area contributed by atoms with Crippen LogP contribution in [0.4, 0.5) is 0 Å². The van der Waals surface area contributed by atoms with E-state index in [0.717, 1.165) is 32.5 Å². The van der Waals surface area contributed by atoms with Gasteiger partial charge < -0.3 is 10.6 Å². The zero-order valence-corrected chi connectivity index (χ0v) is 12.3. The van der Waals surface area contributed by atoms with E-state index in [1.54, 1.807) is 0 Å². The second-order valence-corrected chi connectivity index (χ2v) is 5.91. The highest BCUT2D eigenvalue weighted by Gasteiger charge is 2.29. The van der Waals surface area contributed by atoms with Gasteiger partial charge in [0, 0.05) is 31.4 Å². The van der Waals surface area contributed by atoms with Crippen molar-refractivity contribution in [3.63, 3.8) is 0 Å². The van der Waals surface area contributed by atoms with Crippen LogP contribution in [0.2, 0.25) is 0 Å². The Hall–Kier alpha value is -0.870. The molecule has 1 aliphatic carbocycles. The lowest BCUT2D eigenvalue weighted by Gasteiger charge is -2.28. The Balaban J connectivity index is 1.92. The van der Waals surface area contributed by atoms with E-state index in [1.807, 2.05) is 4.90 Å². The Kier molecular flexibility index (Phi) is 4.99. The lowest BCUT2D eigenvalue weighted by molar-refractivity contribution is -0.130. The van der Waals surface area contributed by atoms with E-state index in [9.17, 15) is 4.79 Å². The number of allylic oxidation sites excluding steroid dienone is 2. The van der Waals surface area contributed by atoms with Crippen LogP contribution in [0, 0.1) is 5.92 Å². The van der Waals surface area contributed by atoms with E-state index in [0.29, 0.717) is 12.5 Å². The highest BCUT2D eigenvalue weighted by Crippen LogP contribution is 2.22. The van der Waals surface area contributed by atoms with Crippen LogP contribution in [0.15, 0.2) is 11.8 Å². The van der Waals surface area contributed by atoms with Crippen molar-refractivity contribution in [3.8, 4) is 0 Å². The summed E-state index contributed by atoms with van der Waals surface area (Å²) in [5.41, 5.74) is 7.25. The molecule has 0 aromatic heterocycles. The van der Waals surface area contributed by atoms with Gasteiger partial charge in [0.05, 0.1) is 6.54 Å². The van der Waals surface area contributed by atoms with Gasteiger partial charge in [-0.15, -0.1) is 0 Å². The second-order valence-electron chi connectivity index (χ2n) is 5.91. The van der Waals surface area contributed by atoms with Crippen molar-refractivity contribution < 1.29 is 4.79 Å². The number of amides is 1. The van der Waals surface area contributed by atoms with Gasteiger partial charge in [-0.05, 0) is 38.5 Å². The fourth-order valence-electron chi connectivity index (χ4n) is 3.11. The Bertz CT molecular complexity index is 343. The summed E-state index contributed by atoms with van der Waals surface area (Å²) < 4.78 is 0. The van der Waals surface area contributed by atoms with Crippen LogP contribution in [-0.4, -0.2) is 47.9 Å². The first-order valence-electron chi connectivity index (χ1n) is 7.59. The number of nitrogens with zero attached hydrogens (tertiary/aromatic N) is 2. The molecule has 0 aromatic carbocycles. The van der Waals surface area contributed by atoms with Crippen molar-refractivity contribution in [2.75, 3.05) is 26.2 Å². The maximum atomic E-state index is 12.4. The predicted molar refractivity (Wildman–Crippen MR) is 77.5 cm³/mol. The summed E-state index contributed by atoms with van der Waals surface area (Å²) in [7, 11) is 0. The van der Waals surface area contributed by atoms with Crippen molar-refractivity contribution >= 4 is 5.91 Å². The third-order valence-corrected chi connectivity index (χ3v) is 4.34. The highest BCUT2D eigenvalue weighted by molar-refractivity contribution is 5.80. The average molecular weight is 265 g/mol. The van der Waals surface area contributed by atoms with Gasteiger partial charge in [0.2, 0.25) is 5.91 Å². The van der Waals surface area contributed by atoms with Crippen molar-refractivity contribution in [1.82, 2.24) is 9.80 Å². The molecule has 1 fully saturated rings. The van der Waals surface area contributed by atoms with Crippen molar-refractivity contribution in [2.24, 2.45) is 11.7 Å². The first kappa shape index (κ1) is 14.5. The molecule has 4 nitrogen and oxygen atoms in total. The van der Waals surface area contributed by atoms with Crippen molar-refractivity contribution in [3.05, 3.63) is 11.8 Å². The van der Waals surface area contributed by atoms with Crippen LogP contribution in [-0.2, 0) is 4.79 Å². The van der Waals surface area contributed by atoms with Crippen LogP contribution in [0.5, 0.6) is 0 Å². The summed E-state index contributed by atoms with van der Waals surface area (Å²) in [5.74, 6) is 0.730. The number of rotatable bonds is 4. The molecule has 1 amide bonds. The van der Waals surface area contributed by atoms with Gasteiger partial charge in [-0.2, -0.15) is 0 Å². The Morgan fingerprint density at radius 3 is 2.79 bits per heavy atom. The summed E-state index contributed by atoms with van der Waals surface area (Å²) in [5, 5.41) is 0. The standard InChI is InChI=1S/C15H27N3O/c1-3-18(13-7-5-4-6-8-13)15(19)11-17-9-12(2)14(16)10-17/h7,12,14H,3-6,8-11,16H2,1-2H3. The lowest BCUT2D eigenvalue weighted by Crippen LogP contribution is -2.40. The highest BCUT2D eigenvalue weighted by atomic mass is 16.2. The van der Waals surface area contributed by atoms with E-state index in [2.05, 4.69) is 24.8 Å². The molecule has 0 aromatic rings. The zero-order chi connectivity index (χ0) is 13.8. The third kappa shape index (κ3) is 3.57. The van der Waals surface area contributed by atoms with Crippen LogP contribution in [0.3, 0.4) is 0 Å². The number of likely N-dealkylation sites (N-methyl/N-ethyl adjacent to an activating group) is 1.